The van der Waals surface area contributed by atoms with Gasteiger partial charge < -0.3 is 9.84 Å². The van der Waals surface area contributed by atoms with Gasteiger partial charge in [0.25, 0.3) is 0 Å². The highest BCUT2D eigenvalue weighted by molar-refractivity contribution is 9.10. The van der Waals surface area contributed by atoms with Crippen molar-refractivity contribution in [2.75, 3.05) is 12.0 Å². The van der Waals surface area contributed by atoms with Gasteiger partial charge in [0.1, 0.15) is 5.75 Å². The van der Waals surface area contributed by atoms with Crippen LogP contribution < -0.4 is 9.64 Å². The number of hydrogen-bond donors (Lipinski definition) is 1. The van der Waals surface area contributed by atoms with Crippen molar-refractivity contribution < 1.29 is 14.6 Å². The number of ether oxygens (including phenoxy) is 1. The number of hydrogen-bond acceptors (Lipinski definition) is 5. The molecule has 120 valence electrons. The van der Waals surface area contributed by atoms with E-state index in [2.05, 4.69) is 20.9 Å². The lowest BCUT2D eigenvalue weighted by atomic mass is 10.2. The maximum atomic E-state index is 11.9. The van der Waals surface area contributed by atoms with Gasteiger partial charge in [0, 0.05) is 4.47 Å². The van der Waals surface area contributed by atoms with Crippen molar-refractivity contribution >= 4 is 54.4 Å². The van der Waals surface area contributed by atoms with E-state index in [1.54, 1.807) is 12.1 Å². The first-order chi connectivity index (χ1) is 11.5. The van der Waals surface area contributed by atoms with Crippen molar-refractivity contribution in [3.63, 3.8) is 0 Å². The number of carbonyl (C=O) groups is 1. The van der Waals surface area contributed by atoms with E-state index in [0.717, 1.165) is 14.1 Å². The molecule has 0 saturated carbocycles. The monoisotopic (exact) mass is 403 g/mol. The van der Waals surface area contributed by atoms with Gasteiger partial charge in [-0.1, -0.05) is 27.3 Å². The van der Waals surface area contributed by atoms with E-state index in [0.29, 0.717) is 16.8 Å². The minimum absolute atomic E-state index is 0.252. The van der Waals surface area contributed by atoms with Crippen molar-refractivity contribution in [1.82, 2.24) is 4.98 Å². The Labute approximate surface area is 149 Å². The van der Waals surface area contributed by atoms with E-state index >= 15 is 0 Å². The minimum Gasteiger partial charge on any atom is -0.495 e. The maximum Gasteiger partial charge on any atom is 0.418 e. The molecular formula is C16H10BrN3O3S. The van der Waals surface area contributed by atoms with Crippen molar-refractivity contribution in [2.45, 2.75) is 0 Å². The molecule has 0 atom stereocenters. The molecule has 3 rings (SSSR count). The predicted octanol–water partition coefficient (Wildman–Crippen LogP) is 4.76. The lowest BCUT2D eigenvalue weighted by Gasteiger charge is -2.19. The molecule has 1 heterocycles. The summed E-state index contributed by atoms with van der Waals surface area (Å²) < 4.78 is 6.96. The Morgan fingerprint density at radius 3 is 2.83 bits per heavy atom. The summed E-state index contributed by atoms with van der Waals surface area (Å²) in [5.41, 5.74) is 1.27. The number of aromatic nitrogens is 1. The fraction of sp³-hybridized carbons (Fsp3) is 0.0625. The molecule has 2 aromatic carbocycles. The van der Waals surface area contributed by atoms with Crippen LogP contribution in [0, 0.1) is 11.3 Å². The topological polar surface area (TPSA) is 86.5 Å². The Balaban J connectivity index is 2.20. The number of methoxy groups -OCH3 is 1. The quantitative estimate of drug-likeness (QED) is 0.681. The van der Waals surface area contributed by atoms with E-state index in [1.807, 2.05) is 24.3 Å². The molecule has 24 heavy (non-hydrogen) atoms. The third-order valence-corrected chi connectivity index (χ3v) is 4.78. The van der Waals surface area contributed by atoms with Gasteiger partial charge in [0.05, 0.1) is 34.6 Å². The molecule has 0 unspecified atom stereocenters. The van der Waals surface area contributed by atoms with Crippen LogP contribution in [-0.2, 0) is 0 Å². The molecule has 0 bridgehead atoms. The molecule has 8 heteroatoms. The van der Waals surface area contributed by atoms with Gasteiger partial charge in [0.15, 0.2) is 0 Å². The van der Waals surface area contributed by atoms with Crippen LogP contribution in [0.4, 0.5) is 15.6 Å². The fourth-order valence-electron chi connectivity index (χ4n) is 2.21. The summed E-state index contributed by atoms with van der Waals surface area (Å²) in [6.45, 7) is 0. The summed E-state index contributed by atoms with van der Waals surface area (Å²) in [6.07, 6.45) is -1.21. The highest BCUT2D eigenvalue weighted by Gasteiger charge is 2.24. The Hall–Kier alpha value is -2.63. The number of nitriles is 1. The van der Waals surface area contributed by atoms with Gasteiger partial charge in [-0.2, -0.15) is 5.26 Å². The largest absolute Gasteiger partial charge is 0.495 e. The second-order valence-electron chi connectivity index (χ2n) is 4.72. The summed E-state index contributed by atoms with van der Waals surface area (Å²) in [4.78, 5) is 17.3. The van der Waals surface area contributed by atoms with Gasteiger partial charge in [-0.05, 0) is 36.4 Å². The van der Waals surface area contributed by atoms with Crippen molar-refractivity contribution in [2.24, 2.45) is 0 Å². The average molecular weight is 404 g/mol. The number of rotatable bonds is 3. The number of amides is 1. The number of benzene rings is 2. The first-order valence-electron chi connectivity index (χ1n) is 6.71. The highest BCUT2D eigenvalue weighted by atomic mass is 79.9. The standard InChI is InChI=1S/C16H10BrN3O3S/c1-23-13-4-2-9(8-18)6-12(13)20(16(21)22)15-19-11-7-10(17)3-5-14(11)24-15/h2-7H,1H3,(H,21,22). The summed E-state index contributed by atoms with van der Waals surface area (Å²) in [7, 11) is 1.44. The van der Waals surface area contributed by atoms with Crippen LogP contribution in [0.5, 0.6) is 5.75 Å². The van der Waals surface area contributed by atoms with E-state index in [9.17, 15) is 9.90 Å². The zero-order valence-corrected chi connectivity index (χ0v) is 14.8. The average Bonchev–Trinajstić information content (AvgIpc) is 2.96. The number of carboxylic acid groups (broad SMARTS) is 1. The molecule has 6 nitrogen and oxygen atoms in total. The van der Waals surface area contributed by atoms with Crippen LogP contribution in [0.1, 0.15) is 5.56 Å². The lowest BCUT2D eigenvalue weighted by molar-refractivity contribution is 0.204. The molecule has 0 spiro atoms. The second-order valence-corrected chi connectivity index (χ2v) is 6.65. The second kappa shape index (κ2) is 6.47. The molecule has 0 aliphatic carbocycles. The predicted molar refractivity (Wildman–Crippen MR) is 95.2 cm³/mol. The van der Waals surface area contributed by atoms with Crippen molar-refractivity contribution in [1.29, 1.82) is 5.26 Å². The first-order valence-corrected chi connectivity index (χ1v) is 8.31. The van der Waals surface area contributed by atoms with Crippen LogP contribution in [-0.4, -0.2) is 23.3 Å². The Bertz CT molecular complexity index is 980. The SMILES string of the molecule is COc1ccc(C#N)cc1N(C(=O)O)c1nc2cc(Br)ccc2s1. The zero-order valence-electron chi connectivity index (χ0n) is 12.4. The van der Waals surface area contributed by atoms with Crippen LogP contribution >= 0.6 is 27.3 Å². The van der Waals surface area contributed by atoms with Gasteiger partial charge in [-0.25, -0.2) is 14.7 Å². The number of nitrogens with zero attached hydrogens (tertiary/aromatic N) is 3. The molecular weight excluding hydrogens is 394 g/mol. The van der Waals surface area contributed by atoms with Crippen LogP contribution in [0.25, 0.3) is 10.2 Å². The van der Waals surface area contributed by atoms with Crippen LogP contribution in [0.15, 0.2) is 40.9 Å². The molecule has 3 aromatic rings. The zero-order chi connectivity index (χ0) is 17.3. The van der Waals surface area contributed by atoms with Gasteiger partial charge in [-0.3, -0.25) is 0 Å². The summed E-state index contributed by atoms with van der Waals surface area (Å²) in [5.74, 6) is 0.344. The van der Waals surface area contributed by atoms with Gasteiger partial charge in [0.2, 0.25) is 5.13 Å². The van der Waals surface area contributed by atoms with E-state index < -0.39 is 6.09 Å². The summed E-state index contributed by atoms with van der Waals surface area (Å²) in [5, 5.41) is 19.1. The molecule has 0 fully saturated rings. The van der Waals surface area contributed by atoms with E-state index in [4.69, 9.17) is 10.00 Å². The first kappa shape index (κ1) is 16.2. The molecule has 0 aliphatic heterocycles. The normalized spacial score (nSPS) is 10.4. The van der Waals surface area contributed by atoms with Crippen molar-refractivity contribution in [3.8, 4) is 11.8 Å². The maximum absolute atomic E-state index is 11.9. The smallest absolute Gasteiger partial charge is 0.418 e. The highest BCUT2D eigenvalue weighted by Crippen LogP contribution is 2.39. The van der Waals surface area contributed by atoms with Gasteiger partial charge >= 0.3 is 6.09 Å². The van der Waals surface area contributed by atoms with Crippen LogP contribution in [0.2, 0.25) is 0 Å². The number of halogens is 1. The number of anilines is 2. The lowest BCUT2D eigenvalue weighted by Crippen LogP contribution is -2.24. The minimum atomic E-state index is -1.21. The number of fused-ring (bicyclic) bond motifs is 1. The number of thiazole rings is 1. The molecule has 0 saturated heterocycles. The third-order valence-electron chi connectivity index (χ3n) is 3.27. The Morgan fingerprint density at radius 1 is 1.38 bits per heavy atom. The fourth-order valence-corrected chi connectivity index (χ4v) is 3.51. The van der Waals surface area contributed by atoms with Crippen LogP contribution in [0.3, 0.4) is 0 Å². The molecule has 1 N–H and O–H groups in total. The summed E-state index contributed by atoms with van der Waals surface area (Å²) in [6, 6.07) is 12.1. The third kappa shape index (κ3) is 2.91. The molecule has 1 aromatic heterocycles. The van der Waals surface area contributed by atoms with E-state index in [-0.39, 0.29) is 10.8 Å². The van der Waals surface area contributed by atoms with E-state index in [1.165, 1.54) is 24.5 Å². The molecule has 0 radical (unpaired) electrons. The molecule has 0 aliphatic rings. The van der Waals surface area contributed by atoms with Crippen molar-refractivity contribution in [3.05, 3.63) is 46.4 Å². The molecule has 1 amide bonds. The Kier molecular flexibility index (Phi) is 4.38. The Morgan fingerprint density at radius 2 is 2.17 bits per heavy atom. The summed E-state index contributed by atoms with van der Waals surface area (Å²) >= 11 is 4.62. The van der Waals surface area contributed by atoms with Gasteiger partial charge in [-0.15, -0.1) is 0 Å².